The summed E-state index contributed by atoms with van der Waals surface area (Å²) in [5, 5.41) is 11.9. The van der Waals surface area contributed by atoms with E-state index in [-0.39, 0.29) is 11.3 Å². The van der Waals surface area contributed by atoms with Crippen LogP contribution >= 0.6 is 0 Å². The summed E-state index contributed by atoms with van der Waals surface area (Å²) in [5.74, 6) is -2.09. The van der Waals surface area contributed by atoms with Crippen molar-refractivity contribution in [3.05, 3.63) is 77.2 Å². The van der Waals surface area contributed by atoms with Crippen LogP contribution in [0.1, 0.15) is 30.5 Å². The minimum atomic E-state index is -0.724. The maximum atomic E-state index is 13.3. The van der Waals surface area contributed by atoms with Gasteiger partial charge in [0.25, 0.3) is 11.7 Å². The van der Waals surface area contributed by atoms with Crippen molar-refractivity contribution in [1.29, 1.82) is 0 Å². The van der Waals surface area contributed by atoms with Crippen LogP contribution < -0.4 is 0 Å². The molecule has 1 saturated heterocycles. The third-order valence-corrected chi connectivity index (χ3v) is 5.34. The fourth-order valence-electron chi connectivity index (χ4n) is 4.03. The van der Waals surface area contributed by atoms with Crippen LogP contribution in [0.3, 0.4) is 0 Å². The second-order valence-corrected chi connectivity index (χ2v) is 7.21. The van der Waals surface area contributed by atoms with Gasteiger partial charge < -0.3 is 14.6 Å². The standard InChI is InChI=1S/C23H21FN2O3/c1-3-12-26-20(17-13-25(2)18-7-5-4-6-16(17)18)19(22(28)23(26)29)21(27)14-8-10-15(24)11-9-14/h4-11,13,20,27H,3,12H2,1-2H3/b21-19+. The highest BCUT2D eigenvalue weighted by atomic mass is 19.1. The first-order valence-electron chi connectivity index (χ1n) is 9.52. The van der Waals surface area contributed by atoms with E-state index in [0.29, 0.717) is 18.5 Å². The van der Waals surface area contributed by atoms with Crippen LogP contribution in [-0.2, 0) is 16.6 Å². The molecule has 1 amide bonds. The van der Waals surface area contributed by atoms with E-state index in [9.17, 15) is 19.1 Å². The molecular weight excluding hydrogens is 371 g/mol. The molecule has 0 radical (unpaired) electrons. The number of halogens is 1. The van der Waals surface area contributed by atoms with Gasteiger partial charge in [-0.15, -0.1) is 0 Å². The molecule has 148 valence electrons. The Morgan fingerprint density at radius 2 is 1.79 bits per heavy atom. The van der Waals surface area contributed by atoms with E-state index in [4.69, 9.17) is 0 Å². The monoisotopic (exact) mass is 392 g/mol. The summed E-state index contributed by atoms with van der Waals surface area (Å²) in [4.78, 5) is 27.2. The van der Waals surface area contributed by atoms with E-state index in [1.165, 1.54) is 29.2 Å². The van der Waals surface area contributed by atoms with E-state index in [1.54, 1.807) is 0 Å². The predicted molar refractivity (Wildman–Crippen MR) is 109 cm³/mol. The lowest BCUT2D eigenvalue weighted by atomic mass is 9.95. The first-order valence-corrected chi connectivity index (χ1v) is 9.52. The minimum absolute atomic E-state index is 0.0337. The van der Waals surface area contributed by atoms with E-state index in [0.717, 1.165) is 16.5 Å². The summed E-state index contributed by atoms with van der Waals surface area (Å²) in [5.41, 5.74) is 2.07. The Bertz CT molecular complexity index is 1140. The van der Waals surface area contributed by atoms with Crippen LogP contribution in [0, 0.1) is 5.82 Å². The summed E-state index contributed by atoms with van der Waals surface area (Å²) in [6.45, 7) is 2.32. The van der Waals surface area contributed by atoms with E-state index in [2.05, 4.69) is 0 Å². The zero-order valence-corrected chi connectivity index (χ0v) is 16.2. The first-order chi connectivity index (χ1) is 13.9. The zero-order valence-electron chi connectivity index (χ0n) is 16.2. The highest BCUT2D eigenvalue weighted by molar-refractivity contribution is 6.46. The van der Waals surface area contributed by atoms with Crippen LogP contribution in [-0.4, -0.2) is 32.8 Å². The number of carbonyl (C=O) groups excluding carboxylic acids is 2. The lowest BCUT2D eigenvalue weighted by Gasteiger charge is -2.24. The summed E-state index contributed by atoms with van der Waals surface area (Å²) < 4.78 is 15.3. The van der Waals surface area contributed by atoms with Crippen molar-refractivity contribution >= 4 is 28.4 Å². The lowest BCUT2D eigenvalue weighted by molar-refractivity contribution is -0.139. The number of aromatic nitrogens is 1. The smallest absolute Gasteiger partial charge is 0.295 e. The maximum Gasteiger partial charge on any atom is 0.295 e. The van der Waals surface area contributed by atoms with Crippen molar-refractivity contribution in [1.82, 2.24) is 9.47 Å². The Balaban J connectivity index is 1.97. The number of hydrogen-bond acceptors (Lipinski definition) is 3. The summed E-state index contributed by atoms with van der Waals surface area (Å²) in [6.07, 6.45) is 2.56. The number of para-hydroxylation sites is 1. The van der Waals surface area contributed by atoms with E-state index in [1.807, 2.05) is 49.0 Å². The summed E-state index contributed by atoms with van der Waals surface area (Å²) in [6, 6.07) is 12.3. The number of rotatable bonds is 4. The summed E-state index contributed by atoms with van der Waals surface area (Å²) in [7, 11) is 1.90. The molecule has 0 spiro atoms. The summed E-state index contributed by atoms with van der Waals surface area (Å²) >= 11 is 0. The number of aliphatic hydroxyl groups excluding tert-OH is 1. The zero-order chi connectivity index (χ0) is 20.7. The highest BCUT2D eigenvalue weighted by Gasteiger charge is 2.46. The van der Waals surface area contributed by atoms with Gasteiger partial charge in [-0.05, 0) is 36.8 Å². The van der Waals surface area contributed by atoms with Crippen LogP contribution in [0.4, 0.5) is 4.39 Å². The van der Waals surface area contributed by atoms with Gasteiger partial charge in [0.2, 0.25) is 0 Å². The number of ketones is 1. The molecule has 6 heteroatoms. The fraction of sp³-hybridized carbons (Fsp3) is 0.217. The van der Waals surface area contributed by atoms with Gasteiger partial charge in [-0.2, -0.15) is 0 Å². The third kappa shape index (κ3) is 3.01. The van der Waals surface area contributed by atoms with Crippen molar-refractivity contribution in [3.63, 3.8) is 0 Å². The molecule has 0 bridgehead atoms. The number of nitrogens with zero attached hydrogens (tertiary/aromatic N) is 2. The van der Waals surface area contributed by atoms with Crippen molar-refractivity contribution in [2.45, 2.75) is 19.4 Å². The number of likely N-dealkylation sites (tertiary alicyclic amines) is 1. The number of aliphatic hydroxyl groups is 1. The number of aryl methyl sites for hydroxylation is 1. The molecule has 2 heterocycles. The number of Topliss-reactive ketones (excluding diaryl/α,β-unsaturated/α-hetero) is 1. The number of carbonyl (C=O) groups is 2. The molecule has 29 heavy (non-hydrogen) atoms. The second-order valence-electron chi connectivity index (χ2n) is 7.21. The Hall–Kier alpha value is -3.41. The predicted octanol–water partition coefficient (Wildman–Crippen LogP) is 4.15. The maximum absolute atomic E-state index is 13.3. The molecule has 1 aliphatic heterocycles. The van der Waals surface area contributed by atoms with E-state index < -0.39 is 23.5 Å². The van der Waals surface area contributed by atoms with Crippen molar-refractivity contribution in [2.75, 3.05) is 6.54 Å². The third-order valence-electron chi connectivity index (χ3n) is 5.34. The molecule has 1 aliphatic rings. The van der Waals surface area contributed by atoms with Crippen LogP contribution in [0.15, 0.2) is 60.3 Å². The van der Waals surface area contributed by atoms with Gasteiger partial charge in [0, 0.05) is 41.8 Å². The van der Waals surface area contributed by atoms with Crippen LogP contribution in [0.25, 0.3) is 16.7 Å². The molecular formula is C23H21FN2O3. The van der Waals surface area contributed by atoms with Gasteiger partial charge in [-0.1, -0.05) is 25.1 Å². The fourth-order valence-corrected chi connectivity index (χ4v) is 4.03. The largest absolute Gasteiger partial charge is 0.507 e. The number of fused-ring (bicyclic) bond motifs is 1. The van der Waals surface area contributed by atoms with Gasteiger partial charge in [0.1, 0.15) is 11.6 Å². The number of hydrogen-bond donors (Lipinski definition) is 1. The quantitative estimate of drug-likeness (QED) is 0.412. The molecule has 1 fully saturated rings. The molecule has 1 N–H and O–H groups in total. The number of amides is 1. The van der Waals surface area contributed by atoms with Gasteiger partial charge in [0.05, 0.1) is 11.6 Å². The van der Waals surface area contributed by atoms with Crippen molar-refractivity contribution in [2.24, 2.45) is 7.05 Å². The van der Waals surface area contributed by atoms with Crippen molar-refractivity contribution < 1.29 is 19.1 Å². The molecule has 5 nitrogen and oxygen atoms in total. The minimum Gasteiger partial charge on any atom is -0.507 e. The van der Waals surface area contributed by atoms with Crippen molar-refractivity contribution in [3.8, 4) is 0 Å². The second kappa shape index (κ2) is 7.20. The average molecular weight is 392 g/mol. The normalized spacial score (nSPS) is 18.7. The Morgan fingerprint density at radius 3 is 2.48 bits per heavy atom. The van der Waals surface area contributed by atoms with Gasteiger partial charge in [0.15, 0.2) is 0 Å². The molecule has 0 aliphatic carbocycles. The average Bonchev–Trinajstić information content (AvgIpc) is 3.18. The van der Waals surface area contributed by atoms with Gasteiger partial charge >= 0.3 is 0 Å². The molecule has 1 unspecified atom stereocenters. The Kier molecular flexibility index (Phi) is 4.70. The van der Waals surface area contributed by atoms with Gasteiger partial charge in [-0.3, -0.25) is 9.59 Å². The molecule has 2 aromatic carbocycles. The SMILES string of the molecule is CCCN1C(=O)C(=O)/C(=C(/O)c2ccc(F)cc2)C1c1cn(C)c2ccccc12. The number of benzene rings is 2. The van der Waals surface area contributed by atoms with Crippen LogP contribution in [0.5, 0.6) is 0 Å². The van der Waals surface area contributed by atoms with E-state index >= 15 is 0 Å². The van der Waals surface area contributed by atoms with Crippen LogP contribution in [0.2, 0.25) is 0 Å². The Morgan fingerprint density at radius 1 is 1.10 bits per heavy atom. The molecule has 0 saturated carbocycles. The molecule has 1 aromatic heterocycles. The molecule has 4 rings (SSSR count). The Labute approximate surface area is 167 Å². The highest BCUT2D eigenvalue weighted by Crippen LogP contribution is 2.42. The molecule has 3 aromatic rings. The lowest BCUT2D eigenvalue weighted by Crippen LogP contribution is -2.30. The molecule has 1 atom stereocenters. The van der Waals surface area contributed by atoms with Gasteiger partial charge in [-0.25, -0.2) is 4.39 Å². The topological polar surface area (TPSA) is 62.5 Å². The first kappa shape index (κ1) is 18.9.